The summed E-state index contributed by atoms with van der Waals surface area (Å²) in [5.74, 6) is 0.489. The minimum absolute atomic E-state index is 0.315. The van der Waals surface area contributed by atoms with E-state index in [4.69, 9.17) is 9.47 Å². The summed E-state index contributed by atoms with van der Waals surface area (Å²) in [5.41, 5.74) is 1.96. The zero-order valence-electron chi connectivity index (χ0n) is 11.2. The third kappa shape index (κ3) is 2.76. The van der Waals surface area contributed by atoms with E-state index in [0.29, 0.717) is 0 Å². The van der Waals surface area contributed by atoms with Crippen molar-refractivity contribution in [1.29, 1.82) is 0 Å². The van der Waals surface area contributed by atoms with Crippen molar-refractivity contribution in [2.45, 2.75) is 13.0 Å². The summed E-state index contributed by atoms with van der Waals surface area (Å²) >= 11 is 0. The van der Waals surface area contributed by atoms with Crippen LogP contribution >= 0.6 is 0 Å². The third-order valence-electron chi connectivity index (χ3n) is 2.96. The van der Waals surface area contributed by atoms with E-state index in [0.717, 1.165) is 16.9 Å². The summed E-state index contributed by atoms with van der Waals surface area (Å²) in [5, 5.41) is 4.19. The van der Waals surface area contributed by atoms with Crippen LogP contribution in [0.5, 0.6) is 5.75 Å². The molecule has 0 saturated carbocycles. The molecule has 5 nitrogen and oxygen atoms in total. The van der Waals surface area contributed by atoms with E-state index in [1.165, 1.54) is 7.11 Å². The first-order valence-electron chi connectivity index (χ1n) is 5.92. The summed E-state index contributed by atoms with van der Waals surface area (Å²) < 4.78 is 11.4. The molecule has 0 N–H and O–H groups in total. The molecule has 0 aliphatic carbocycles. The van der Waals surface area contributed by atoms with Crippen LogP contribution in [0, 0.1) is 0 Å². The van der Waals surface area contributed by atoms with E-state index < -0.39 is 6.04 Å². The fourth-order valence-electron chi connectivity index (χ4n) is 1.76. The molecule has 1 aromatic carbocycles. The number of aromatic nitrogens is 2. The molecule has 0 bridgehead atoms. The summed E-state index contributed by atoms with van der Waals surface area (Å²) in [7, 11) is 3.00. The largest absolute Gasteiger partial charge is 0.497 e. The molecule has 1 atom stereocenters. The predicted octanol–water partition coefficient (Wildman–Crippen LogP) is 2.29. The lowest BCUT2D eigenvalue weighted by atomic mass is 10.1. The van der Waals surface area contributed by atoms with Gasteiger partial charge in [0.25, 0.3) is 0 Å². The van der Waals surface area contributed by atoms with E-state index in [-0.39, 0.29) is 5.97 Å². The van der Waals surface area contributed by atoms with Gasteiger partial charge in [0.15, 0.2) is 0 Å². The topological polar surface area (TPSA) is 53.4 Å². The van der Waals surface area contributed by atoms with Gasteiger partial charge in [-0.15, -0.1) is 0 Å². The molecular formula is C14H16N2O3. The molecule has 2 rings (SSSR count). The van der Waals surface area contributed by atoms with Gasteiger partial charge in [0.2, 0.25) is 0 Å². The van der Waals surface area contributed by atoms with E-state index in [9.17, 15) is 4.79 Å². The Morgan fingerprint density at radius 3 is 2.47 bits per heavy atom. The van der Waals surface area contributed by atoms with Gasteiger partial charge in [0.05, 0.1) is 20.4 Å². The number of hydrogen-bond donors (Lipinski definition) is 0. The second kappa shape index (κ2) is 5.56. The van der Waals surface area contributed by atoms with Gasteiger partial charge in [-0.1, -0.05) is 12.1 Å². The molecule has 2 aromatic rings. The number of methoxy groups -OCH3 is 2. The number of esters is 1. The first-order valence-corrected chi connectivity index (χ1v) is 5.92. The highest BCUT2D eigenvalue weighted by Crippen LogP contribution is 2.22. The number of ether oxygens (including phenoxy) is 2. The molecule has 19 heavy (non-hydrogen) atoms. The third-order valence-corrected chi connectivity index (χ3v) is 2.96. The Bertz CT molecular complexity index is 560. The SMILES string of the molecule is COC(=O)C(C)n1cc(-c2ccc(OC)cc2)cn1. The molecule has 1 unspecified atom stereocenters. The molecule has 5 heteroatoms. The number of benzene rings is 1. The molecule has 0 radical (unpaired) electrons. The number of nitrogens with zero attached hydrogens (tertiary/aromatic N) is 2. The number of rotatable bonds is 4. The summed E-state index contributed by atoms with van der Waals surface area (Å²) in [6.07, 6.45) is 3.55. The van der Waals surface area contributed by atoms with Gasteiger partial charge in [-0.25, -0.2) is 4.79 Å². The van der Waals surface area contributed by atoms with Gasteiger partial charge >= 0.3 is 5.97 Å². The minimum Gasteiger partial charge on any atom is -0.497 e. The zero-order chi connectivity index (χ0) is 13.8. The lowest BCUT2D eigenvalue weighted by molar-refractivity contribution is -0.144. The molecule has 0 saturated heterocycles. The summed E-state index contributed by atoms with van der Waals surface area (Å²) in [4.78, 5) is 11.4. The first kappa shape index (κ1) is 13.1. The van der Waals surface area contributed by atoms with Crippen LogP contribution in [-0.4, -0.2) is 30.0 Å². The lowest BCUT2D eigenvalue weighted by Crippen LogP contribution is -2.17. The molecule has 0 aliphatic rings. The van der Waals surface area contributed by atoms with E-state index in [2.05, 4.69) is 5.10 Å². The fraction of sp³-hybridized carbons (Fsp3) is 0.286. The Morgan fingerprint density at radius 1 is 1.21 bits per heavy atom. The Hall–Kier alpha value is -2.30. The van der Waals surface area contributed by atoms with Crippen molar-refractivity contribution in [1.82, 2.24) is 9.78 Å². The standard InChI is InChI=1S/C14H16N2O3/c1-10(14(17)19-3)16-9-12(8-15-16)11-4-6-13(18-2)7-5-11/h4-10H,1-3H3. The van der Waals surface area contributed by atoms with Crippen molar-refractivity contribution in [2.24, 2.45) is 0 Å². The molecular weight excluding hydrogens is 244 g/mol. The number of carbonyl (C=O) groups is 1. The van der Waals surface area contributed by atoms with Crippen LogP contribution in [0.2, 0.25) is 0 Å². The Morgan fingerprint density at radius 2 is 1.89 bits per heavy atom. The molecule has 0 spiro atoms. The maximum Gasteiger partial charge on any atom is 0.330 e. The second-order valence-electron chi connectivity index (χ2n) is 4.14. The van der Waals surface area contributed by atoms with Crippen molar-refractivity contribution in [3.63, 3.8) is 0 Å². The van der Waals surface area contributed by atoms with Gasteiger partial charge in [0, 0.05) is 11.8 Å². The Kier molecular flexibility index (Phi) is 3.85. The van der Waals surface area contributed by atoms with Crippen LogP contribution in [0.3, 0.4) is 0 Å². The monoisotopic (exact) mass is 260 g/mol. The zero-order valence-corrected chi connectivity index (χ0v) is 11.2. The maximum atomic E-state index is 11.4. The van der Waals surface area contributed by atoms with Crippen LogP contribution < -0.4 is 4.74 Å². The van der Waals surface area contributed by atoms with Crippen molar-refractivity contribution in [2.75, 3.05) is 14.2 Å². The molecule has 0 amide bonds. The van der Waals surface area contributed by atoms with E-state index >= 15 is 0 Å². The van der Waals surface area contributed by atoms with Gasteiger partial charge in [0.1, 0.15) is 11.8 Å². The average Bonchev–Trinajstić information content (AvgIpc) is 2.95. The van der Waals surface area contributed by atoms with E-state index in [1.54, 1.807) is 24.9 Å². The second-order valence-corrected chi connectivity index (χ2v) is 4.14. The van der Waals surface area contributed by atoms with Gasteiger partial charge in [-0.05, 0) is 24.6 Å². The number of carbonyl (C=O) groups excluding carboxylic acids is 1. The maximum absolute atomic E-state index is 11.4. The highest BCUT2D eigenvalue weighted by Gasteiger charge is 2.16. The van der Waals surface area contributed by atoms with Crippen LogP contribution in [0.15, 0.2) is 36.7 Å². The summed E-state index contributed by atoms with van der Waals surface area (Å²) in [6, 6.07) is 7.23. The van der Waals surface area contributed by atoms with Crippen LogP contribution in [0.25, 0.3) is 11.1 Å². The smallest absolute Gasteiger partial charge is 0.330 e. The summed E-state index contributed by atoms with van der Waals surface area (Å²) in [6.45, 7) is 1.75. The molecule has 100 valence electrons. The van der Waals surface area contributed by atoms with Gasteiger partial charge < -0.3 is 9.47 Å². The van der Waals surface area contributed by atoms with Crippen molar-refractivity contribution < 1.29 is 14.3 Å². The number of hydrogen-bond acceptors (Lipinski definition) is 4. The highest BCUT2D eigenvalue weighted by atomic mass is 16.5. The molecule has 1 aromatic heterocycles. The van der Waals surface area contributed by atoms with Gasteiger partial charge in [-0.3, -0.25) is 4.68 Å². The van der Waals surface area contributed by atoms with Crippen LogP contribution in [0.4, 0.5) is 0 Å². The van der Waals surface area contributed by atoms with Crippen LogP contribution in [-0.2, 0) is 9.53 Å². The highest BCUT2D eigenvalue weighted by molar-refractivity contribution is 5.73. The minimum atomic E-state index is -0.433. The molecule has 0 aliphatic heterocycles. The Labute approximate surface area is 111 Å². The lowest BCUT2D eigenvalue weighted by Gasteiger charge is -2.08. The average molecular weight is 260 g/mol. The van der Waals surface area contributed by atoms with Crippen LogP contribution in [0.1, 0.15) is 13.0 Å². The quantitative estimate of drug-likeness (QED) is 0.791. The Balaban J connectivity index is 2.22. The first-order chi connectivity index (χ1) is 9.15. The van der Waals surface area contributed by atoms with Crippen molar-refractivity contribution in [3.05, 3.63) is 36.7 Å². The molecule has 1 heterocycles. The predicted molar refractivity (Wildman–Crippen MR) is 70.9 cm³/mol. The van der Waals surface area contributed by atoms with Gasteiger partial charge in [-0.2, -0.15) is 5.10 Å². The normalized spacial score (nSPS) is 11.9. The van der Waals surface area contributed by atoms with Crippen molar-refractivity contribution in [3.8, 4) is 16.9 Å². The molecule has 0 fully saturated rings. The fourth-order valence-corrected chi connectivity index (χ4v) is 1.76. The van der Waals surface area contributed by atoms with Crippen molar-refractivity contribution >= 4 is 5.97 Å². The van der Waals surface area contributed by atoms with E-state index in [1.807, 2.05) is 30.5 Å².